The van der Waals surface area contributed by atoms with E-state index in [1.165, 1.54) is 25.7 Å². The Morgan fingerprint density at radius 2 is 2.22 bits per heavy atom. The summed E-state index contributed by atoms with van der Waals surface area (Å²) in [6, 6.07) is 0.486. The molecule has 1 N–H and O–H groups in total. The molecule has 1 heterocycles. The molecule has 0 saturated heterocycles. The van der Waals surface area contributed by atoms with Gasteiger partial charge in [0.1, 0.15) is 0 Å². The maximum absolute atomic E-state index is 5.34. The Morgan fingerprint density at radius 3 is 2.89 bits per heavy atom. The van der Waals surface area contributed by atoms with Crippen molar-refractivity contribution < 1.29 is 4.52 Å². The highest BCUT2D eigenvalue weighted by molar-refractivity contribution is 7.98. The fourth-order valence-electron chi connectivity index (χ4n) is 2.68. The summed E-state index contributed by atoms with van der Waals surface area (Å²) in [5.74, 6) is 4.33. The first-order valence-electron chi connectivity index (χ1n) is 6.90. The number of hydrogen-bond donors (Lipinski definition) is 1. The topological polar surface area (TPSA) is 51.0 Å². The molecule has 0 radical (unpaired) electrons. The lowest BCUT2D eigenvalue weighted by Gasteiger charge is -2.20. The van der Waals surface area contributed by atoms with Crippen molar-refractivity contribution in [3.05, 3.63) is 11.7 Å². The molecular formula is C13H23N3OS. The van der Waals surface area contributed by atoms with Gasteiger partial charge in [-0.25, -0.2) is 0 Å². The van der Waals surface area contributed by atoms with Gasteiger partial charge in [0.05, 0.1) is 5.75 Å². The molecule has 1 saturated carbocycles. The number of aromatic nitrogens is 2. The van der Waals surface area contributed by atoms with Gasteiger partial charge in [-0.3, -0.25) is 0 Å². The second-order valence-corrected chi connectivity index (χ2v) is 6.16. The summed E-state index contributed by atoms with van der Waals surface area (Å²) in [6.45, 7) is 2.14. The molecule has 1 aromatic heterocycles. The first-order chi connectivity index (χ1) is 8.83. The maximum atomic E-state index is 5.34. The third kappa shape index (κ3) is 3.72. The van der Waals surface area contributed by atoms with Gasteiger partial charge in [0.15, 0.2) is 5.82 Å². The van der Waals surface area contributed by atoms with E-state index in [1.807, 2.05) is 18.8 Å². The van der Waals surface area contributed by atoms with Crippen LogP contribution >= 0.6 is 11.8 Å². The van der Waals surface area contributed by atoms with Gasteiger partial charge in [-0.2, -0.15) is 16.7 Å². The van der Waals surface area contributed by atoms with Crippen molar-refractivity contribution in [3.8, 4) is 0 Å². The van der Waals surface area contributed by atoms with Crippen LogP contribution in [0.1, 0.15) is 44.3 Å². The SMILES string of the molecule is CCSCc1noc(CC(NC)C2CCCC2)n1. The second kappa shape index (κ2) is 7.14. The Kier molecular flexibility index (Phi) is 5.50. The van der Waals surface area contributed by atoms with Crippen LogP contribution in [0.5, 0.6) is 0 Å². The number of thioether (sulfide) groups is 1. The van der Waals surface area contributed by atoms with E-state index >= 15 is 0 Å². The molecule has 0 spiro atoms. The predicted molar refractivity (Wildman–Crippen MR) is 74.6 cm³/mol. The summed E-state index contributed by atoms with van der Waals surface area (Å²) in [6.07, 6.45) is 6.26. The molecule has 0 aromatic carbocycles. The summed E-state index contributed by atoms with van der Waals surface area (Å²) in [4.78, 5) is 4.47. The number of likely N-dealkylation sites (N-methyl/N-ethyl adjacent to an activating group) is 1. The van der Waals surface area contributed by atoms with Crippen LogP contribution in [0, 0.1) is 5.92 Å². The molecule has 4 nitrogen and oxygen atoms in total. The quantitative estimate of drug-likeness (QED) is 0.824. The summed E-state index contributed by atoms with van der Waals surface area (Å²) < 4.78 is 5.34. The number of hydrogen-bond acceptors (Lipinski definition) is 5. The lowest BCUT2D eigenvalue weighted by atomic mass is 9.95. The van der Waals surface area contributed by atoms with Crippen LogP contribution in [0.3, 0.4) is 0 Å². The average molecular weight is 269 g/mol. The fourth-order valence-corrected chi connectivity index (χ4v) is 3.18. The minimum atomic E-state index is 0.486. The van der Waals surface area contributed by atoms with Crippen LogP contribution < -0.4 is 5.32 Å². The first-order valence-corrected chi connectivity index (χ1v) is 8.05. The van der Waals surface area contributed by atoms with E-state index in [4.69, 9.17) is 4.52 Å². The molecule has 1 fully saturated rings. The van der Waals surface area contributed by atoms with Gasteiger partial charge in [-0.1, -0.05) is 24.9 Å². The van der Waals surface area contributed by atoms with Gasteiger partial charge in [0.2, 0.25) is 5.89 Å². The lowest BCUT2D eigenvalue weighted by molar-refractivity contribution is 0.317. The molecular weight excluding hydrogens is 246 g/mol. The van der Waals surface area contributed by atoms with Crippen LogP contribution in [0.2, 0.25) is 0 Å². The predicted octanol–water partition coefficient (Wildman–Crippen LogP) is 2.64. The third-order valence-electron chi connectivity index (χ3n) is 3.68. The van der Waals surface area contributed by atoms with Crippen molar-refractivity contribution in [2.24, 2.45) is 5.92 Å². The second-order valence-electron chi connectivity index (χ2n) is 4.89. The van der Waals surface area contributed by atoms with E-state index in [-0.39, 0.29) is 0 Å². The Labute approximate surface area is 113 Å². The molecule has 5 heteroatoms. The zero-order chi connectivity index (χ0) is 12.8. The number of nitrogens with zero attached hydrogens (tertiary/aromatic N) is 2. The van der Waals surface area contributed by atoms with E-state index < -0.39 is 0 Å². The van der Waals surface area contributed by atoms with Crippen LogP contribution in [0.4, 0.5) is 0 Å². The van der Waals surface area contributed by atoms with E-state index in [9.17, 15) is 0 Å². The molecule has 2 rings (SSSR count). The van der Waals surface area contributed by atoms with Crippen molar-refractivity contribution in [1.29, 1.82) is 0 Å². The molecule has 1 aromatic rings. The van der Waals surface area contributed by atoms with Crippen molar-refractivity contribution in [1.82, 2.24) is 15.5 Å². The third-order valence-corrected chi connectivity index (χ3v) is 4.55. The van der Waals surface area contributed by atoms with Crippen molar-refractivity contribution in [3.63, 3.8) is 0 Å². The minimum absolute atomic E-state index is 0.486. The standard InChI is InChI=1S/C13H23N3OS/c1-3-18-9-12-15-13(17-16-12)8-11(14-2)10-6-4-5-7-10/h10-11,14H,3-9H2,1-2H3. The Balaban J connectivity index is 1.88. The summed E-state index contributed by atoms with van der Waals surface area (Å²) in [5, 5.41) is 7.44. The highest BCUT2D eigenvalue weighted by Gasteiger charge is 2.25. The Hall–Kier alpha value is -0.550. The monoisotopic (exact) mass is 269 g/mol. The largest absolute Gasteiger partial charge is 0.339 e. The highest BCUT2D eigenvalue weighted by atomic mass is 32.2. The normalized spacial score (nSPS) is 18.3. The van der Waals surface area contributed by atoms with Crippen LogP contribution in [-0.2, 0) is 12.2 Å². The summed E-state index contributed by atoms with van der Waals surface area (Å²) >= 11 is 1.82. The van der Waals surface area contributed by atoms with Crippen LogP contribution in [0.15, 0.2) is 4.52 Å². The minimum Gasteiger partial charge on any atom is -0.339 e. The Morgan fingerprint density at radius 1 is 1.44 bits per heavy atom. The van der Waals surface area contributed by atoms with E-state index in [0.29, 0.717) is 6.04 Å². The molecule has 0 aliphatic heterocycles. The molecule has 1 atom stereocenters. The van der Waals surface area contributed by atoms with Gasteiger partial charge < -0.3 is 9.84 Å². The smallest absolute Gasteiger partial charge is 0.228 e. The molecule has 0 bridgehead atoms. The molecule has 0 amide bonds. The number of nitrogens with one attached hydrogen (secondary N) is 1. The zero-order valence-corrected chi connectivity index (χ0v) is 12.1. The maximum Gasteiger partial charge on any atom is 0.228 e. The van der Waals surface area contributed by atoms with E-state index in [1.54, 1.807) is 0 Å². The molecule has 1 aliphatic rings. The van der Waals surface area contributed by atoms with Crippen molar-refractivity contribution >= 4 is 11.8 Å². The highest BCUT2D eigenvalue weighted by Crippen LogP contribution is 2.28. The van der Waals surface area contributed by atoms with E-state index in [2.05, 4.69) is 22.4 Å². The Bertz CT molecular complexity index is 350. The van der Waals surface area contributed by atoms with Crippen molar-refractivity contribution in [2.45, 2.75) is 50.8 Å². The molecule has 102 valence electrons. The fraction of sp³-hybridized carbons (Fsp3) is 0.846. The lowest BCUT2D eigenvalue weighted by Crippen LogP contribution is -2.34. The number of rotatable bonds is 7. The van der Waals surface area contributed by atoms with Crippen molar-refractivity contribution in [2.75, 3.05) is 12.8 Å². The van der Waals surface area contributed by atoms with Gasteiger partial charge in [0, 0.05) is 12.5 Å². The van der Waals surface area contributed by atoms with Gasteiger partial charge in [-0.05, 0) is 31.6 Å². The summed E-state index contributed by atoms with van der Waals surface area (Å²) in [7, 11) is 2.03. The van der Waals surface area contributed by atoms with Gasteiger partial charge >= 0.3 is 0 Å². The van der Waals surface area contributed by atoms with Crippen LogP contribution in [-0.4, -0.2) is 29.0 Å². The average Bonchev–Trinajstić information content (AvgIpc) is 3.04. The first kappa shape index (κ1) is 13.9. The molecule has 18 heavy (non-hydrogen) atoms. The van der Waals surface area contributed by atoms with Gasteiger partial charge in [-0.15, -0.1) is 0 Å². The zero-order valence-electron chi connectivity index (χ0n) is 11.3. The van der Waals surface area contributed by atoms with E-state index in [0.717, 1.165) is 35.6 Å². The molecule has 1 unspecified atom stereocenters. The summed E-state index contributed by atoms with van der Waals surface area (Å²) in [5.41, 5.74) is 0. The molecule has 1 aliphatic carbocycles. The van der Waals surface area contributed by atoms with Gasteiger partial charge in [0.25, 0.3) is 0 Å². The van der Waals surface area contributed by atoms with Crippen LogP contribution in [0.25, 0.3) is 0 Å².